The van der Waals surface area contributed by atoms with E-state index in [0.717, 1.165) is 16.3 Å². The molecule has 4 heteroatoms. The molecule has 0 unspecified atom stereocenters. The number of hydrogen-bond acceptors (Lipinski definition) is 2. The molecule has 0 saturated heterocycles. The molecule has 0 spiro atoms. The minimum absolute atomic E-state index is 0.117. The molecule has 78 valence electrons. The Morgan fingerprint density at radius 3 is 2.40 bits per heavy atom. The van der Waals surface area contributed by atoms with Crippen molar-refractivity contribution in [1.82, 2.24) is 0 Å². The highest BCUT2D eigenvalue weighted by molar-refractivity contribution is 7.88. The van der Waals surface area contributed by atoms with Crippen LogP contribution in [0.25, 0.3) is 10.8 Å². The lowest BCUT2D eigenvalue weighted by atomic mass is 10.1. The topological polar surface area (TPSA) is 60.2 Å². The maximum Gasteiger partial charge on any atom is 0.213 e. The molecule has 2 rings (SSSR count). The first-order chi connectivity index (χ1) is 7.06. The number of nitrogens with two attached hydrogens (primary N) is 1. The fraction of sp³-hybridized carbons (Fsp3) is 0.0909. The maximum absolute atomic E-state index is 11.0. The molecule has 0 aliphatic heterocycles. The fourth-order valence-electron chi connectivity index (χ4n) is 1.64. The van der Waals surface area contributed by atoms with Crippen molar-refractivity contribution in [1.29, 1.82) is 0 Å². The summed E-state index contributed by atoms with van der Waals surface area (Å²) in [6, 6.07) is 13.2. The third-order valence-corrected chi connectivity index (χ3v) is 2.95. The van der Waals surface area contributed by atoms with Gasteiger partial charge in [0.1, 0.15) is 0 Å². The van der Waals surface area contributed by atoms with Crippen molar-refractivity contribution in [3.63, 3.8) is 0 Å². The summed E-state index contributed by atoms with van der Waals surface area (Å²) < 4.78 is 22.0. The highest BCUT2D eigenvalue weighted by Gasteiger charge is 2.07. The molecule has 0 fully saturated rings. The van der Waals surface area contributed by atoms with Crippen molar-refractivity contribution >= 4 is 20.8 Å². The summed E-state index contributed by atoms with van der Waals surface area (Å²) in [7, 11) is -3.47. The Balaban J connectivity index is 2.61. The molecule has 2 N–H and O–H groups in total. The molecule has 0 aromatic heterocycles. The van der Waals surface area contributed by atoms with E-state index in [1.165, 1.54) is 0 Å². The van der Waals surface area contributed by atoms with Crippen LogP contribution in [-0.2, 0) is 15.8 Å². The number of fused-ring (bicyclic) bond motifs is 1. The Labute approximate surface area is 88.6 Å². The monoisotopic (exact) mass is 221 g/mol. The van der Waals surface area contributed by atoms with E-state index in [4.69, 9.17) is 5.14 Å². The zero-order chi connectivity index (χ0) is 10.9. The molecule has 0 heterocycles. The van der Waals surface area contributed by atoms with Crippen LogP contribution in [0.4, 0.5) is 0 Å². The van der Waals surface area contributed by atoms with Crippen LogP contribution in [0, 0.1) is 0 Å². The Morgan fingerprint density at radius 1 is 1.00 bits per heavy atom. The molecule has 3 nitrogen and oxygen atoms in total. The number of rotatable bonds is 2. The van der Waals surface area contributed by atoms with Crippen molar-refractivity contribution in [2.24, 2.45) is 5.14 Å². The summed E-state index contributed by atoms with van der Waals surface area (Å²) in [5.74, 6) is -0.117. The molecule has 0 amide bonds. The van der Waals surface area contributed by atoms with E-state index in [1.54, 1.807) is 6.07 Å². The van der Waals surface area contributed by atoms with E-state index in [0.29, 0.717) is 0 Å². The minimum Gasteiger partial charge on any atom is -0.228 e. The Kier molecular flexibility index (Phi) is 2.46. The Morgan fingerprint density at radius 2 is 1.67 bits per heavy atom. The summed E-state index contributed by atoms with van der Waals surface area (Å²) in [6.07, 6.45) is 0. The second-order valence-corrected chi connectivity index (χ2v) is 5.06. The van der Waals surface area contributed by atoms with Crippen LogP contribution in [-0.4, -0.2) is 8.42 Å². The van der Waals surface area contributed by atoms with Crippen molar-refractivity contribution in [2.45, 2.75) is 5.75 Å². The van der Waals surface area contributed by atoms with E-state index in [1.807, 2.05) is 36.4 Å². The molecule has 0 aliphatic carbocycles. The molecule has 0 saturated carbocycles. The van der Waals surface area contributed by atoms with E-state index >= 15 is 0 Å². The van der Waals surface area contributed by atoms with Crippen LogP contribution in [0.2, 0.25) is 0 Å². The lowest BCUT2D eigenvalue weighted by Crippen LogP contribution is -2.14. The lowest BCUT2D eigenvalue weighted by molar-refractivity contribution is 0.597. The summed E-state index contributed by atoms with van der Waals surface area (Å²) in [4.78, 5) is 0. The van der Waals surface area contributed by atoms with E-state index in [9.17, 15) is 8.42 Å². The van der Waals surface area contributed by atoms with Crippen LogP contribution < -0.4 is 5.14 Å². The second kappa shape index (κ2) is 3.64. The third-order valence-electron chi connectivity index (χ3n) is 2.24. The summed E-state index contributed by atoms with van der Waals surface area (Å²) in [5, 5.41) is 7.00. The average Bonchev–Trinajstić information content (AvgIpc) is 2.16. The number of hydrogen-bond donors (Lipinski definition) is 1. The standard InChI is InChI=1S/C11H11NO2S/c12-15(13,14)8-10-6-3-5-9-4-1-2-7-11(9)10/h1-7H,8H2,(H2,12,13,14). The summed E-state index contributed by atoms with van der Waals surface area (Å²) >= 11 is 0. The molecular weight excluding hydrogens is 210 g/mol. The summed E-state index contributed by atoms with van der Waals surface area (Å²) in [5.41, 5.74) is 0.746. The molecule has 2 aromatic rings. The summed E-state index contributed by atoms with van der Waals surface area (Å²) in [6.45, 7) is 0. The zero-order valence-electron chi connectivity index (χ0n) is 8.05. The van der Waals surface area contributed by atoms with Crippen LogP contribution in [0.15, 0.2) is 42.5 Å². The van der Waals surface area contributed by atoms with Crippen LogP contribution in [0.3, 0.4) is 0 Å². The smallest absolute Gasteiger partial charge is 0.213 e. The van der Waals surface area contributed by atoms with Gasteiger partial charge >= 0.3 is 0 Å². The van der Waals surface area contributed by atoms with E-state index < -0.39 is 10.0 Å². The molecule has 0 bridgehead atoms. The normalized spacial score (nSPS) is 11.8. The van der Waals surface area contributed by atoms with Gasteiger partial charge in [0, 0.05) is 0 Å². The highest BCUT2D eigenvalue weighted by atomic mass is 32.2. The van der Waals surface area contributed by atoms with Crippen LogP contribution in [0.5, 0.6) is 0 Å². The molecule has 0 radical (unpaired) electrons. The van der Waals surface area contributed by atoms with Crippen molar-refractivity contribution in [3.8, 4) is 0 Å². The Bertz CT molecular complexity index is 585. The van der Waals surface area contributed by atoms with E-state index in [-0.39, 0.29) is 5.75 Å². The van der Waals surface area contributed by atoms with Gasteiger partial charge in [0.2, 0.25) is 10.0 Å². The third kappa shape index (κ3) is 2.34. The SMILES string of the molecule is NS(=O)(=O)Cc1cccc2ccccc12. The molecule has 0 atom stereocenters. The number of benzene rings is 2. The van der Waals surface area contributed by atoms with Gasteiger partial charge in [-0.1, -0.05) is 42.5 Å². The number of primary sulfonamides is 1. The first-order valence-electron chi connectivity index (χ1n) is 4.53. The largest absolute Gasteiger partial charge is 0.228 e. The fourth-order valence-corrected chi connectivity index (χ4v) is 2.32. The van der Waals surface area contributed by atoms with Gasteiger partial charge in [0.15, 0.2) is 0 Å². The minimum atomic E-state index is -3.47. The van der Waals surface area contributed by atoms with Gasteiger partial charge in [-0.05, 0) is 16.3 Å². The molecule has 15 heavy (non-hydrogen) atoms. The van der Waals surface area contributed by atoms with Gasteiger partial charge < -0.3 is 0 Å². The lowest BCUT2D eigenvalue weighted by Gasteiger charge is -2.04. The molecular formula is C11H11NO2S. The van der Waals surface area contributed by atoms with Gasteiger partial charge in [-0.15, -0.1) is 0 Å². The predicted octanol–water partition coefficient (Wildman–Crippen LogP) is 1.63. The number of sulfonamides is 1. The van der Waals surface area contributed by atoms with Crippen LogP contribution in [0.1, 0.15) is 5.56 Å². The maximum atomic E-state index is 11.0. The quantitative estimate of drug-likeness (QED) is 0.837. The first kappa shape index (κ1) is 10.1. The van der Waals surface area contributed by atoms with Gasteiger partial charge in [0.25, 0.3) is 0 Å². The average molecular weight is 221 g/mol. The van der Waals surface area contributed by atoms with E-state index in [2.05, 4.69) is 0 Å². The van der Waals surface area contributed by atoms with Crippen molar-refractivity contribution in [2.75, 3.05) is 0 Å². The van der Waals surface area contributed by atoms with Gasteiger partial charge in [-0.25, -0.2) is 13.6 Å². The first-order valence-corrected chi connectivity index (χ1v) is 6.25. The predicted molar refractivity (Wildman–Crippen MR) is 60.8 cm³/mol. The van der Waals surface area contributed by atoms with Gasteiger partial charge in [0.05, 0.1) is 5.75 Å². The Hall–Kier alpha value is -1.39. The second-order valence-electron chi connectivity index (χ2n) is 3.45. The zero-order valence-corrected chi connectivity index (χ0v) is 8.87. The van der Waals surface area contributed by atoms with Gasteiger partial charge in [-0.2, -0.15) is 0 Å². The van der Waals surface area contributed by atoms with Crippen molar-refractivity contribution < 1.29 is 8.42 Å². The highest BCUT2D eigenvalue weighted by Crippen LogP contribution is 2.19. The van der Waals surface area contributed by atoms with Crippen LogP contribution >= 0.6 is 0 Å². The molecule has 2 aromatic carbocycles. The van der Waals surface area contributed by atoms with Gasteiger partial charge in [-0.3, -0.25) is 0 Å². The van der Waals surface area contributed by atoms with Crippen molar-refractivity contribution in [3.05, 3.63) is 48.0 Å². The molecule has 0 aliphatic rings.